The van der Waals surface area contributed by atoms with Gasteiger partial charge >= 0.3 is 6.18 Å². The zero-order chi connectivity index (χ0) is 14.1. The standard InChI is InChI=1S/C12H18F3NO2/c1-11(2,3)10(18)16-8-5-4-7(6-9(8)17)12(13,14)15/h7-8H,4-6H2,1-3H3,(H,16,18)/t7-,8-/m1/s1. The number of rotatable bonds is 1. The van der Waals surface area contributed by atoms with Crippen molar-refractivity contribution in [2.45, 2.75) is 52.3 Å². The zero-order valence-corrected chi connectivity index (χ0v) is 10.7. The van der Waals surface area contributed by atoms with Crippen molar-refractivity contribution in [3.63, 3.8) is 0 Å². The Morgan fingerprint density at radius 2 is 1.78 bits per heavy atom. The molecule has 0 radical (unpaired) electrons. The predicted octanol–water partition coefficient (Wildman–Crippen LogP) is 2.45. The van der Waals surface area contributed by atoms with E-state index >= 15 is 0 Å². The van der Waals surface area contributed by atoms with Gasteiger partial charge in [-0.1, -0.05) is 20.8 Å². The van der Waals surface area contributed by atoms with Crippen LogP contribution in [0.5, 0.6) is 0 Å². The first-order chi connectivity index (χ1) is 8.01. The average Bonchev–Trinajstić information content (AvgIpc) is 2.17. The second-order valence-corrected chi connectivity index (χ2v) is 5.76. The monoisotopic (exact) mass is 265 g/mol. The first kappa shape index (κ1) is 15.0. The van der Waals surface area contributed by atoms with Gasteiger partial charge < -0.3 is 5.32 Å². The van der Waals surface area contributed by atoms with E-state index in [1.165, 1.54) is 0 Å². The second kappa shape index (κ2) is 4.90. The minimum Gasteiger partial charge on any atom is -0.346 e. The van der Waals surface area contributed by atoms with Crippen LogP contribution in [0.25, 0.3) is 0 Å². The minimum absolute atomic E-state index is 0.0603. The largest absolute Gasteiger partial charge is 0.392 e. The summed E-state index contributed by atoms with van der Waals surface area (Å²) in [6.45, 7) is 5.07. The Morgan fingerprint density at radius 1 is 1.22 bits per heavy atom. The van der Waals surface area contributed by atoms with Gasteiger partial charge in [0, 0.05) is 11.8 Å². The smallest absolute Gasteiger partial charge is 0.346 e. The van der Waals surface area contributed by atoms with Crippen LogP contribution in [0.3, 0.4) is 0 Å². The van der Waals surface area contributed by atoms with E-state index in [0.717, 1.165) is 0 Å². The average molecular weight is 265 g/mol. The Labute approximate surface area is 104 Å². The van der Waals surface area contributed by atoms with Crippen LogP contribution < -0.4 is 5.32 Å². The van der Waals surface area contributed by atoms with Crippen LogP contribution in [0.2, 0.25) is 0 Å². The molecule has 1 N–H and O–H groups in total. The van der Waals surface area contributed by atoms with E-state index in [9.17, 15) is 22.8 Å². The van der Waals surface area contributed by atoms with Gasteiger partial charge in [-0.25, -0.2) is 0 Å². The van der Waals surface area contributed by atoms with Gasteiger partial charge in [0.1, 0.15) is 0 Å². The van der Waals surface area contributed by atoms with Gasteiger partial charge in [0.15, 0.2) is 5.78 Å². The van der Waals surface area contributed by atoms with Gasteiger partial charge in [0.25, 0.3) is 0 Å². The molecule has 0 aliphatic heterocycles. The Morgan fingerprint density at radius 3 is 2.17 bits per heavy atom. The molecule has 0 unspecified atom stereocenters. The van der Waals surface area contributed by atoms with Crippen LogP contribution in [0.1, 0.15) is 40.0 Å². The molecule has 1 aliphatic rings. The number of carbonyl (C=O) groups excluding carboxylic acids is 2. The molecule has 2 atom stereocenters. The van der Waals surface area contributed by atoms with E-state index in [2.05, 4.69) is 5.32 Å². The summed E-state index contributed by atoms with van der Waals surface area (Å²) in [5.74, 6) is -2.40. The maximum atomic E-state index is 12.5. The van der Waals surface area contributed by atoms with Crippen molar-refractivity contribution >= 4 is 11.7 Å². The van der Waals surface area contributed by atoms with E-state index in [1.807, 2.05) is 0 Å². The van der Waals surface area contributed by atoms with Crippen LogP contribution in [-0.2, 0) is 9.59 Å². The third-order valence-electron chi connectivity index (χ3n) is 3.09. The van der Waals surface area contributed by atoms with Crippen molar-refractivity contribution in [3.05, 3.63) is 0 Å². The Kier molecular flexibility index (Phi) is 4.08. The number of Topliss-reactive ketones (excluding diaryl/α,β-unsaturated/α-hetero) is 1. The van der Waals surface area contributed by atoms with Crippen LogP contribution in [0.15, 0.2) is 0 Å². The lowest BCUT2D eigenvalue weighted by atomic mass is 9.84. The van der Waals surface area contributed by atoms with Crippen molar-refractivity contribution in [2.75, 3.05) is 0 Å². The Hall–Kier alpha value is -1.07. The fourth-order valence-corrected chi connectivity index (χ4v) is 1.82. The van der Waals surface area contributed by atoms with Crippen LogP contribution in [0.4, 0.5) is 13.2 Å². The molecule has 18 heavy (non-hydrogen) atoms. The fourth-order valence-electron chi connectivity index (χ4n) is 1.82. The van der Waals surface area contributed by atoms with Crippen LogP contribution in [-0.4, -0.2) is 23.9 Å². The molecule has 3 nitrogen and oxygen atoms in total. The number of nitrogens with one attached hydrogen (secondary N) is 1. The Balaban J connectivity index is 2.59. The van der Waals surface area contributed by atoms with Crippen molar-refractivity contribution < 1.29 is 22.8 Å². The summed E-state index contributed by atoms with van der Waals surface area (Å²) in [6.07, 6.45) is -4.90. The highest BCUT2D eigenvalue weighted by Crippen LogP contribution is 2.36. The predicted molar refractivity (Wildman–Crippen MR) is 59.8 cm³/mol. The number of carbonyl (C=O) groups is 2. The second-order valence-electron chi connectivity index (χ2n) is 5.76. The quantitative estimate of drug-likeness (QED) is 0.791. The van der Waals surface area contributed by atoms with Gasteiger partial charge in [-0.05, 0) is 12.8 Å². The molecular formula is C12H18F3NO2. The number of ketones is 1. The molecule has 1 rings (SSSR count). The third kappa shape index (κ3) is 3.71. The van der Waals surface area contributed by atoms with E-state index in [1.54, 1.807) is 20.8 Å². The molecule has 0 heterocycles. The topological polar surface area (TPSA) is 46.2 Å². The summed E-state index contributed by atoms with van der Waals surface area (Å²) in [6, 6.07) is -0.768. The summed E-state index contributed by atoms with van der Waals surface area (Å²) in [5, 5.41) is 2.52. The highest BCUT2D eigenvalue weighted by molar-refractivity contribution is 5.91. The molecule has 0 aromatic heterocycles. The van der Waals surface area contributed by atoms with E-state index in [4.69, 9.17) is 0 Å². The molecular weight excluding hydrogens is 247 g/mol. The highest BCUT2D eigenvalue weighted by Gasteiger charge is 2.45. The molecule has 0 saturated heterocycles. The number of alkyl halides is 3. The number of halogens is 3. The SMILES string of the molecule is CC(C)(C)C(=O)N[C@@H]1CC[C@@H](C(F)(F)F)CC1=O. The van der Waals surface area contributed by atoms with Crippen molar-refractivity contribution in [2.24, 2.45) is 11.3 Å². The first-order valence-electron chi connectivity index (χ1n) is 5.92. The zero-order valence-electron chi connectivity index (χ0n) is 10.7. The lowest BCUT2D eigenvalue weighted by Crippen LogP contribution is -2.49. The molecule has 6 heteroatoms. The van der Waals surface area contributed by atoms with E-state index in [-0.39, 0.29) is 18.7 Å². The van der Waals surface area contributed by atoms with Gasteiger partial charge in [0.05, 0.1) is 12.0 Å². The molecule has 1 amide bonds. The maximum Gasteiger partial charge on any atom is 0.392 e. The van der Waals surface area contributed by atoms with Crippen molar-refractivity contribution in [3.8, 4) is 0 Å². The van der Waals surface area contributed by atoms with E-state index in [0.29, 0.717) is 0 Å². The van der Waals surface area contributed by atoms with Gasteiger partial charge in [0.2, 0.25) is 5.91 Å². The minimum atomic E-state index is -4.32. The number of hydrogen-bond acceptors (Lipinski definition) is 2. The van der Waals surface area contributed by atoms with Crippen LogP contribution in [0, 0.1) is 11.3 Å². The summed E-state index contributed by atoms with van der Waals surface area (Å²) in [4.78, 5) is 23.3. The van der Waals surface area contributed by atoms with Crippen molar-refractivity contribution in [1.29, 1.82) is 0 Å². The third-order valence-corrected chi connectivity index (χ3v) is 3.09. The molecule has 1 fully saturated rings. The van der Waals surface area contributed by atoms with Gasteiger partial charge in [-0.15, -0.1) is 0 Å². The molecule has 104 valence electrons. The number of amides is 1. The molecule has 0 bridgehead atoms. The first-order valence-corrected chi connectivity index (χ1v) is 5.92. The van der Waals surface area contributed by atoms with Gasteiger partial charge in [-0.3, -0.25) is 9.59 Å². The van der Waals surface area contributed by atoms with E-state index < -0.39 is 35.8 Å². The highest BCUT2D eigenvalue weighted by atomic mass is 19.4. The summed E-state index contributed by atoms with van der Waals surface area (Å²) in [5.41, 5.74) is -0.652. The molecule has 1 saturated carbocycles. The summed E-state index contributed by atoms with van der Waals surface area (Å²) >= 11 is 0. The van der Waals surface area contributed by atoms with Crippen LogP contribution >= 0.6 is 0 Å². The molecule has 1 aliphatic carbocycles. The lowest BCUT2D eigenvalue weighted by Gasteiger charge is -2.30. The molecule has 0 aromatic carbocycles. The van der Waals surface area contributed by atoms with Gasteiger partial charge in [-0.2, -0.15) is 13.2 Å². The summed E-state index contributed by atoms with van der Waals surface area (Å²) < 4.78 is 37.4. The lowest BCUT2D eigenvalue weighted by molar-refractivity contribution is -0.185. The molecule has 0 aromatic rings. The fraction of sp³-hybridized carbons (Fsp3) is 0.833. The van der Waals surface area contributed by atoms with Crippen molar-refractivity contribution in [1.82, 2.24) is 5.32 Å². The number of hydrogen-bond donors (Lipinski definition) is 1. The summed E-state index contributed by atoms with van der Waals surface area (Å²) in [7, 11) is 0. The maximum absolute atomic E-state index is 12.5. The normalized spacial score (nSPS) is 26.0. The Bertz CT molecular complexity index is 344. The molecule has 0 spiro atoms.